The Morgan fingerprint density at radius 1 is 1.36 bits per heavy atom. The van der Waals surface area contributed by atoms with Gasteiger partial charge in [0.05, 0.1) is 6.54 Å². The van der Waals surface area contributed by atoms with Gasteiger partial charge in [-0.05, 0) is 6.42 Å². The monoisotopic (exact) mass is 205 g/mol. The molecular formula is C10H20FNO2. The fraction of sp³-hybridized carbons (Fsp3) is 0.900. The van der Waals surface area contributed by atoms with Crippen LogP contribution in [-0.4, -0.2) is 23.3 Å². The van der Waals surface area contributed by atoms with Crippen molar-refractivity contribution in [1.29, 1.82) is 0 Å². The normalized spacial score (nSPS) is 15.1. The summed E-state index contributed by atoms with van der Waals surface area (Å²) in [6, 6.07) is 0. The molecular weight excluding hydrogens is 185 g/mol. The highest BCUT2D eigenvalue weighted by Crippen LogP contribution is 2.12. The predicted octanol–water partition coefficient (Wildman–Crippen LogP) is 1.53. The Bertz CT molecular complexity index is 172. The van der Waals surface area contributed by atoms with Gasteiger partial charge < -0.3 is 10.8 Å². The zero-order valence-corrected chi connectivity index (χ0v) is 8.76. The first kappa shape index (κ1) is 13.5. The van der Waals surface area contributed by atoms with Gasteiger partial charge in [-0.2, -0.15) is 0 Å². The topological polar surface area (TPSA) is 63.3 Å². The summed E-state index contributed by atoms with van der Waals surface area (Å²) >= 11 is 0. The van der Waals surface area contributed by atoms with Crippen LogP contribution in [0.5, 0.6) is 0 Å². The third kappa shape index (κ3) is 5.29. The molecule has 0 amide bonds. The minimum Gasteiger partial charge on any atom is -0.355 e. The standard InChI is InChI=1S/C10H20FNO2/c1-2-3-4-5-6-7-9(13)10(11,14)8-12/h14H,2-8,12H2,1H3. The minimum absolute atomic E-state index is 0.0773. The minimum atomic E-state index is -2.81. The highest BCUT2D eigenvalue weighted by atomic mass is 19.2. The van der Waals surface area contributed by atoms with Crippen molar-refractivity contribution in [2.45, 2.75) is 51.3 Å². The molecule has 0 fully saturated rings. The van der Waals surface area contributed by atoms with E-state index in [0.29, 0.717) is 6.42 Å². The van der Waals surface area contributed by atoms with Crippen LogP contribution >= 0.6 is 0 Å². The van der Waals surface area contributed by atoms with E-state index < -0.39 is 18.2 Å². The van der Waals surface area contributed by atoms with E-state index in [0.717, 1.165) is 25.7 Å². The summed E-state index contributed by atoms with van der Waals surface area (Å²) in [5.74, 6) is -3.61. The molecule has 0 aliphatic heterocycles. The number of carbonyl (C=O) groups is 1. The molecule has 0 rings (SSSR count). The lowest BCUT2D eigenvalue weighted by atomic mass is 10.0. The van der Waals surface area contributed by atoms with E-state index in [1.807, 2.05) is 0 Å². The van der Waals surface area contributed by atoms with Gasteiger partial charge in [-0.15, -0.1) is 0 Å². The molecule has 1 unspecified atom stereocenters. The SMILES string of the molecule is CCCCCCCC(=O)C(O)(F)CN. The summed E-state index contributed by atoms with van der Waals surface area (Å²) in [7, 11) is 0. The molecule has 0 aromatic heterocycles. The molecule has 0 heterocycles. The van der Waals surface area contributed by atoms with Gasteiger partial charge in [0.2, 0.25) is 0 Å². The van der Waals surface area contributed by atoms with Crippen LogP contribution in [0.2, 0.25) is 0 Å². The number of ketones is 1. The number of nitrogens with two attached hydrogens (primary N) is 1. The van der Waals surface area contributed by atoms with Gasteiger partial charge in [0.15, 0.2) is 5.78 Å². The number of alkyl halides is 1. The molecule has 0 aliphatic rings. The molecule has 0 radical (unpaired) electrons. The van der Waals surface area contributed by atoms with E-state index in [4.69, 9.17) is 10.8 Å². The van der Waals surface area contributed by atoms with Gasteiger partial charge in [-0.25, -0.2) is 4.39 Å². The van der Waals surface area contributed by atoms with Crippen LogP contribution in [0.3, 0.4) is 0 Å². The van der Waals surface area contributed by atoms with Crippen LogP contribution in [0.15, 0.2) is 0 Å². The van der Waals surface area contributed by atoms with Crippen molar-refractivity contribution in [2.24, 2.45) is 5.73 Å². The Labute approximate surface area is 84.5 Å². The lowest BCUT2D eigenvalue weighted by Gasteiger charge is -2.14. The molecule has 0 saturated heterocycles. The molecule has 0 aliphatic carbocycles. The number of rotatable bonds is 8. The van der Waals surface area contributed by atoms with Crippen LogP contribution in [0, 0.1) is 0 Å². The number of hydrogen-bond acceptors (Lipinski definition) is 3. The predicted molar refractivity (Wildman–Crippen MR) is 53.5 cm³/mol. The Morgan fingerprint density at radius 2 is 1.93 bits per heavy atom. The summed E-state index contributed by atoms with van der Waals surface area (Å²) in [6.45, 7) is 1.45. The second kappa shape index (κ2) is 6.90. The van der Waals surface area contributed by atoms with Crippen molar-refractivity contribution in [2.75, 3.05) is 6.54 Å². The quantitative estimate of drug-likeness (QED) is 0.591. The maximum atomic E-state index is 12.9. The van der Waals surface area contributed by atoms with Crippen LogP contribution < -0.4 is 5.73 Å². The maximum Gasteiger partial charge on any atom is 0.278 e. The molecule has 0 spiro atoms. The zero-order valence-electron chi connectivity index (χ0n) is 8.76. The van der Waals surface area contributed by atoms with Crippen LogP contribution in [0.25, 0.3) is 0 Å². The second-order valence-electron chi connectivity index (χ2n) is 3.55. The Morgan fingerprint density at radius 3 is 2.43 bits per heavy atom. The number of Topliss-reactive ketones (excluding diaryl/α,β-unsaturated/α-hetero) is 1. The maximum absolute atomic E-state index is 12.9. The largest absolute Gasteiger partial charge is 0.355 e. The van der Waals surface area contributed by atoms with Gasteiger partial charge in [-0.3, -0.25) is 4.79 Å². The van der Waals surface area contributed by atoms with E-state index in [1.165, 1.54) is 0 Å². The Kier molecular flexibility index (Phi) is 6.66. The number of halogens is 1. The molecule has 4 heteroatoms. The van der Waals surface area contributed by atoms with Gasteiger partial charge in [-0.1, -0.05) is 32.6 Å². The first-order valence-corrected chi connectivity index (χ1v) is 5.19. The Balaban J connectivity index is 3.54. The van der Waals surface area contributed by atoms with Crippen LogP contribution in [0.4, 0.5) is 4.39 Å². The van der Waals surface area contributed by atoms with Crippen molar-refractivity contribution < 1.29 is 14.3 Å². The number of unbranched alkanes of at least 4 members (excludes halogenated alkanes) is 4. The molecule has 3 nitrogen and oxygen atoms in total. The molecule has 84 valence electrons. The highest BCUT2D eigenvalue weighted by Gasteiger charge is 2.32. The first-order valence-electron chi connectivity index (χ1n) is 5.19. The number of aliphatic hydroxyl groups is 1. The van der Waals surface area contributed by atoms with Crippen molar-refractivity contribution in [3.05, 3.63) is 0 Å². The highest BCUT2D eigenvalue weighted by molar-refractivity contribution is 5.85. The molecule has 3 N–H and O–H groups in total. The molecule has 14 heavy (non-hydrogen) atoms. The first-order chi connectivity index (χ1) is 6.54. The van der Waals surface area contributed by atoms with Crippen LogP contribution in [-0.2, 0) is 4.79 Å². The fourth-order valence-electron chi connectivity index (χ4n) is 1.19. The average Bonchev–Trinajstić information content (AvgIpc) is 2.17. The van der Waals surface area contributed by atoms with Gasteiger partial charge in [0.1, 0.15) is 0 Å². The third-order valence-electron chi connectivity index (χ3n) is 2.21. The number of carbonyl (C=O) groups excluding carboxylic acids is 1. The lowest BCUT2D eigenvalue weighted by Crippen LogP contribution is -2.41. The third-order valence-corrected chi connectivity index (χ3v) is 2.21. The smallest absolute Gasteiger partial charge is 0.278 e. The van der Waals surface area contributed by atoms with Crippen LogP contribution in [0.1, 0.15) is 45.4 Å². The van der Waals surface area contributed by atoms with Crippen molar-refractivity contribution >= 4 is 5.78 Å². The Hall–Kier alpha value is -0.480. The van der Waals surface area contributed by atoms with Gasteiger partial charge >= 0.3 is 0 Å². The van der Waals surface area contributed by atoms with E-state index in [1.54, 1.807) is 0 Å². The summed E-state index contributed by atoms with van der Waals surface area (Å²) in [5, 5.41) is 8.85. The van der Waals surface area contributed by atoms with E-state index in [2.05, 4.69) is 6.92 Å². The molecule has 0 aromatic carbocycles. The average molecular weight is 205 g/mol. The molecule has 0 saturated carbocycles. The molecule has 0 aromatic rings. The number of hydrogen-bond donors (Lipinski definition) is 2. The summed E-state index contributed by atoms with van der Waals surface area (Å²) < 4.78 is 12.9. The van der Waals surface area contributed by atoms with E-state index >= 15 is 0 Å². The summed E-state index contributed by atoms with van der Waals surface area (Å²) in [5.41, 5.74) is 4.91. The fourth-order valence-corrected chi connectivity index (χ4v) is 1.19. The van der Waals surface area contributed by atoms with Crippen molar-refractivity contribution in [3.8, 4) is 0 Å². The summed E-state index contributed by atoms with van der Waals surface area (Å²) in [4.78, 5) is 11.0. The van der Waals surface area contributed by atoms with E-state index in [-0.39, 0.29) is 6.42 Å². The van der Waals surface area contributed by atoms with Crippen molar-refractivity contribution in [3.63, 3.8) is 0 Å². The van der Waals surface area contributed by atoms with E-state index in [9.17, 15) is 9.18 Å². The summed E-state index contributed by atoms with van der Waals surface area (Å²) in [6.07, 6.45) is 4.92. The molecule has 0 bridgehead atoms. The van der Waals surface area contributed by atoms with Crippen molar-refractivity contribution in [1.82, 2.24) is 0 Å². The zero-order chi connectivity index (χ0) is 11.0. The van der Waals surface area contributed by atoms with Gasteiger partial charge in [0, 0.05) is 6.42 Å². The molecule has 1 atom stereocenters. The lowest BCUT2D eigenvalue weighted by molar-refractivity contribution is -0.155. The van der Waals surface area contributed by atoms with Gasteiger partial charge in [0.25, 0.3) is 5.85 Å². The second-order valence-corrected chi connectivity index (χ2v) is 3.55.